The third-order valence-corrected chi connectivity index (χ3v) is 7.61. The van der Waals surface area contributed by atoms with Crippen LogP contribution in [0.5, 0.6) is 0 Å². The van der Waals surface area contributed by atoms with Gasteiger partial charge in [0.15, 0.2) is 0 Å². The first-order valence-corrected chi connectivity index (χ1v) is 12.9. The Labute approximate surface area is 213 Å². The number of amides is 1. The van der Waals surface area contributed by atoms with Crippen molar-refractivity contribution in [2.24, 2.45) is 0 Å². The van der Waals surface area contributed by atoms with E-state index in [1.54, 1.807) is 39.5 Å². The Kier molecular flexibility index (Phi) is 5.60. The van der Waals surface area contributed by atoms with Gasteiger partial charge in [0, 0.05) is 52.6 Å². The van der Waals surface area contributed by atoms with Crippen LogP contribution in [0.15, 0.2) is 61.1 Å². The van der Waals surface area contributed by atoms with E-state index < -0.39 is 0 Å². The van der Waals surface area contributed by atoms with E-state index in [9.17, 15) is 4.79 Å². The Morgan fingerprint density at radius 2 is 1.97 bits per heavy atom. The van der Waals surface area contributed by atoms with Gasteiger partial charge in [0.25, 0.3) is 11.9 Å². The fraction of sp³-hybridized carbons (Fsp3) is 0.250. The molecule has 36 heavy (non-hydrogen) atoms. The summed E-state index contributed by atoms with van der Waals surface area (Å²) in [7, 11) is 1.84. The number of rotatable bonds is 6. The van der Waals surface area contributed by atoms with Crippen molar-refractivity contribution in [1.82, 2.24) is 29.6 Å². The van der Waals surface area contributed by atoms with Crippen LogP contribution in [0.2, 0.25) is 0 Å². The van der Waals surface area contributed by atoms with Crippen molar-refractivity contribution in [1.29, 1.82) is 0 Å². The smallest absolute Gasteiger partial charge is 0.257 e. The zero-order valence-corrected chi connectivity index (χ0v) is 21.3. The molecule has 1 saturated carbocycles. The van der Waals surface area contributed by atoms with Gasteiger partial charge in [-0.25, -0.2) is 14.6 Å². The van der Waals surface area contributed by atoms with Crippen LogP contribution in [0.1, 0.15) is 50.1 Å². The highest BCUT2D eigenvalue weighted by molar-refractivity contribution is 7.12. The van der Waals surface area contributed by atoms with Crippen LogP contribution in [-0.2, 0) is 6.54 Å². The Morgan fingerprint density at radius 1 is 1.11 bits per heavy atom. The van der Waals surface area contributed by atoms with Gasteiger partial charge in [-0.05, 0) is 56.5 Å². The molecule has 1 aliphatic rings. The molecule has 6 rings (SSSR count). The van der Waals surface area contributed by atoms with Gasteiger partial charge in [-0.3, -0.25) is 9.78 Å². The van der Waals surface area contributed by atoms with Gasteiger partial charge in [0.05, 0.1) is 28.7 Å². The van der Waals surface area contributed by atoms with Crippen molar-refractivity contribution < 1.29 is 4.79 Å². The van der Waals surface area contributed by atoms with Gasteiger partial charge in [-0.1, -0.05) is 18.2 Å². The van der Waals surface area contributed by atoms with Crippen LogP contribution in [0.25, 0.3) is 28.1 Å². The standard InChI is InChI=1S/C28H26N6OS/c1-17-14-22(18(2)36-17)25-11-13-30-28(32-25)34-26(19-9-10-19)23(15-31-34)27(35)33(3)16-20-6-4-8-24-21(20)7-5-12-29-24/h4-8,11-15,19H,9-10,16H2,1-3H3. The van der Waals surface area contributed by atoms with Gasteiger partial charge in [-0.2, -0.15) is 5.10 Å². The summed E-state index contributed by atoms with van der Waals surface area (Å²) in [5, 5.41) is 5.66. The second kappa shape index (κ2) is 8.95. The molecular formula is C28H26N6OS. The van der Waals surface area contributed by atoms with Crippen LogP contribution in [0.4, 0.5) is 0 Å². The quantitative estimate of drug-likeness (QED) is 0.302. The maximum atomic E-state index is 13.6. The number of fused-ring (bicyclic) bond motifs is 1. The first kappa shape index (κ1) is 22.5. The lowest BCUT2D eigenvalue weighted by Gasteiger charge is -2.19. The number of aromatic nitrogens is 5. The molecule has 7 nitrogen and oxygen atoms in total. The number of pyridine rings is 1. The Bertz CT molecular complexity index is 1590. The molecule has 0 N–H and O–H groups in total. The number of thiophene rings is 1. The molecule has 0 radical (unpaired) electrons. The first-order chi connectivity index (χ1) is 17.5. The summed E-state index contributed by atoms with van der Waals surface area (Å²) >= 11 is 1.76. The van der Waals surface area contributed by atoms with Gasteiger partial charge < -0.3 is 4.90 Å². The topological polar surface area (TPSA) is 76.8 Å². The van der Waals surface area contributed by atoms with Crippen LogP contribution in [0, 0.1) is 13.8 Å². The van der Waals surface area contributed by atoms with Gasteiger partial charge in [0.1, 0.15) is 0 Å². The Morgan fingerprint density at radius 3 is 2.75 bits per heavy atom. The SMILES string of the molecule is Cc1cc(-c2ccnc(-n3ncc(C(=O)N(C)Cc4cccc5ncccc45)c3C3CC3)n2)c(C)s1. The number of benzene rings is 1. The number of carbonyl (C=O) groups is 1. The van der Waals surface area contributed by atoms with E-state index >= 15 is 0 Å². The van der Waals surface area contributed by atoms with Crippen molar-refractivity contribution in [2.75, 3.05) is 7.05 Å². The number of hydrogen-bond donors (Lipinski definition) is 0. The third-order valence-electron chi connectivity index (χ3n) is 6.64. The van der Waals surface area contributed by atoms with Crippen molar-refractivity contribution in [3.05, 3.63) is 87.6 Å². The molecule has 1 aromatic carbocycles. The van der Waals surface area contributed by atoms with E-state index in [0.717, 1.165) is 46.3 Å². The maximum Gasteiger partial charge on any atom is 0.257 e. The van der Waals surface area contributed by atoms with E-state index in [-0.39, 0.29) is 5.91 Å². The number of hydrogen-bond acceptors (Lipinski definition) is 6. The lowest BCUT2D eigenvalue weighted by Crippen LogP contribution is -2.27. The van der Waals surface area contributed by atoms with Gasteiger partial charge >= 0.3 is 0 Å². The molecular weight excluding hydrogens is 468 g/mol. The van der Waals surface area contributed by atoms with Crippen molar-refractivity contribution in [3.8, 4) is 17.2 Å². The predicted octanol–water partition coefficient (Wildman–Crippen LogP) is 5.71. The minimum absolute atomic E-state index is 0.0514. The normalized spacial score (nSPS) is 13.3. The fourth-order valence-electron chi connectivity index (χ4n) is 4.76. The van der Waals surface area contributed by atoms with Crippen molar-refractivity contribution in [3.63, 3.8) is 0 Å². The zero-order chi connectivity index (χ0) is 24.8. The average molecular weight is 495 g/mol. The highest BCUT2D eigenvalue weighted by Crippen LogP contribution is 2.42. The average Bonchev–Trinajstić information content (AvgIpc) is 3.54. The summed E-state index contributed by atoms with van der Waals surface area (Å²) in [5.74, 6) is 0.739. The molecule has 0 aliphatic heterocycles. The molecule has 5 aromatic rings. The molecule has 0 spiro atoms. The third kappa shape index (κ3) is 4.07. The maximum absolute atomic E-state index is 13.6. The highest BCUT2D eigenvalue weighted by atomic mass is 32.1. The van der Waals surface area contributed by atoms with Crippen molar-refractivity contribution in [2.45, 2.75) is 39.2 Å². The number of carbonyl (C=O) groups excluding carboxylic acids is 1. The largest absolute Gasteiger partial charge is 0.337 e. The molecule has 1 fully saturated rings. The van der Waals surface area contributed by atoms with Crippen LogP contribution < -0.4 is 0 Å². The fourth-order valence-corrected chi connectivity index (χ4v) is 5.69. The summed E-state index contributed by atoms with van der Waals surface area (Å²) in [4.78, 5) is 31.7. The monoisotopic (exact) mass is 494 g/mol. The zero-order valence-electron chi connectivity index (χ0n) is 20.5. The minimum atomic E-state index is -0.0514. The lowest BCUT2D eigenvalue weighted by molar-refractivity contribution is 0.0784. The van der Waals surface area contributed by atoms with E-state index in [4.69, 9.17) is 4.98 Å². The summed E-state index contributed by atoms with van der Waals surface area (Å²) in [6.07, 6.45) is 7.30. The molecule has 0 saturated heterocycles. The molecule has 0 bridgehead atoms. The Balaban J connectivity index is 1.33. The van der Waals surface area contributed by atoms with E-state index in [2.05, 4.69) is 35.0 Å². The number of aryl methyl sites for hydroxylation is 2. The molecule has 180 valence electrons. The summed E-state index contributed by atoms with van der Waals surface area (Å²) in [5.41, 5.74) is 5.50. The van der Waals surface area contributed by atoms with Crippen molar-refractivity contribution >= 4 is 28.1 Å². The summed E-state index contributed by atoms with van der Waals surface area (Å²) in [6, 6.07) is 14.1. The second-order valence-electron chi connectivity index (χ2n) is 9.35. The van der Waals surface area contributed by atoms with E-state index in [1.807, 2.05) is 43.4 Å². The van der Waals surface area contributed by atoms with E-state index in [0.29, 0.717) is 24.0 Å². The second-order valence-corrected chi connectivity index (χ2v) is 10.8. The molecule has 1 amide bonds. The first-order valence-electron chi connectivity index (χ1n) is 12.1. The van der Waals surface area contributed by atoms with Crippen LogP contribution >= 0.6 is 11.3 Å². The Hall–Kier alpha value is -3.91. The van der Waals surface area contributed by atoms with Gasteiger partial charge in [-0.15, -0.1) is 11.3 Å². The molecule has 0 atom stereocenters. The van der Waals surface area contributed by atoms with E-state index in [1.165, 1.54) is 9.75 Å². The number of nitrogens with zero attached hydrogens (tertiary/aromatic N) is 6. The highest BCUT2D eigenvalue weighted by Gasteiger charge is 2.34. The molecule has 1 aliphatic carbocycles. The summed E-state index contributed by atoms with van der Waals surface area (Å²) < 4.78 is 1.76. The van der Waals surface area contributed by atoms with Gasteiger partial charge in [0.2, 0.25) is 0 Å². The minimum Gasteiger partial charge on any atom is -0.337 e. The molecule has 4 aromatic heterocycles. The van der Waals surface area contributed by atoms with Crippen LogP contribution in [-0.4, -0.2) is 42.6 Å². The molecule has 8 heteroatoms. The molecule has 4 heterocycles. The predicted molar refractivity (Wildman–Crippen MR) is 141 cm³/mol. The molecule has 0 unspecified atom stereocenters. The van der Waals surface area contributed by atoms with Crippen LogP contribution in [0.3, 0.4) is 0 Å². The summed E-state index contributed by atoms with van der Waals surface area (Å²) in [6.45, 7) is 4.70. The lowest BCUT2D eigenvalue weighted by atomic mass is 10.1.